The van der Waals surface area contributed by atoms with Gasteiger partial charge in [-0.3, -0.25) is 4.79 Å². The second kappa shape index (κ2) is 7.21. The standard InChI is InChI=1S/C18H14F3NO3/c1-11-5-7-12(8-6-11)16(23)10-15(17(24)25)22-14-4-2-3-13(9-14)18(19,20)21/h2-10,22H,1H3,(H,24,25)/b15-10-. The van der Waals surface area contributed by atoms with E-state index in [1.165, 1.54) is 18.2 Å². The van der Waals surface area contributed by atoms with Gasteiger partial charge in [-0.05, 0) is 25.1 Å². The Labute approximate surface area is 141 Å². The second-order valence-electron chi connectivity index (χ2n) is 5.30. The predicted molar refractivity (Wildman–Crippen MR) is 86.3 cm³/mol. The normalized spacial score (nSPS) is 11.9. The smallest absolute Gasteiger partial charge is 0.416 e. The van der Waals surface area contributed by atoms with Crippen molar-refractivity contribution in [1.29, 1.82) is 0 Å². The van der Waals surface area contributed by atoms with Gasteiger partial charge in [-0.2, -0.15) is 13.2 Å². The molecule has 0 heterocycles. The first-order valence-corrected chi connectivity index (χ1v) is 7.17. The molecule has 2 aromatic carbocycles. The second-order valence-corrected chi connectivity index (χ2v) is 5.30. The van der Waals surface area contributed by atoms with Crippen LogP contribution in [0.25, 0.3) is 0 Å². The van der Waals surface area contributed by atoms with E-state index >= 15 is 0 Å². The maximum atomic E-state index is 12.7. The van der Waals surface area contributed by atoms with Crippen LogP contribution < -0.4 is 5.32 Å². The Kier molecular flexibility index (Phi) is 5.26. The number of carbonyl (C=O) groups is 2. The number of carboxylic acid groups (broad SMARTS) is 1. The average Bonchev–Trinajstić information content (AvgIpc) is 2.54. The highest BCUT2D eigenvalue weighted by atomic mass is 19.4. The summed E-state index contributed by atoms with van der Waals surface area (Å²) in [5, 5.41) is 11.5. The number of rotatable bonds is 5. The lowest BCUT2D eigenvalue weighted by Gasteiger charge is -2.11. The molecule has 0 aliphatic carbocycles. The summed E-state index contributed by atoms with van der Waals surface area (Å²) in [4.78, 5) is 23.4. The molecule has 0 saturated heterocycles. The third-order valence-electron chi connectivity index (χ3n) is 3.31. The summed E-state index contributed by atoms with van der Waals surface area (Å²) in [7, 11) is 0. The number of nitrogens with one attached hydrogen (secondary N) is 1. The van der Waals surface area contributed by atoms with E-state index in [0.29, 0.717) is 0 Å². The molecule has 25 heavy (non-hydrogen) atoms. The monoisotopic (exact) mass is 349 g/mol. The summed E-state index contributed by atoms with van der Waals surface area (Å²) in [5.41, 5.74) is -0.326. The van der Waals surface area contributed by atoms with Crippen molar-refractivity contribution in [1.82, 2.24) is 0 Å². The molecule has 2 aromatic rings. The van der Waals surface area contributed by atoms with E-state index in [0.717, 1.165) is 29.8 Å². The molecule has 0 amide bonds. The Hall–Kier alpha value is -3.09. The Morgan fingerprint density at radius 1 is 1.08 bits per heavy atom. The van der Waals surface area contributed by atoms with Crippen molar-refractivity contribution in [3.8, 4) is 0 Å². The Morgan fingerprint density at radius 2 is 1.72 bits per heavy atom. The van der Waals surface area contributed by atoms with E-state index < -0.39 is 29.2 Å². The fraction of sp³-hybridized carbons (Fsp3) is 0.111. The van der Waals surface area contributed by atoms with Crippen LogP contribution in [0.4, 0.5) is 18.9 Å². The van der Waals surface area contributed by atoms with Crippen LogP contribution in [0.15, 0.2) is 60.3 Å². The molecule has 0 fully saturated rings. The van der Waals surface area contributed by atoms with E-state index in [9.17, 15) is 27.9 Å². The molecule has 4 nitrogen and oxygen atoms in total. The van der Waals surface area contributed by atoms with Crippen molar-refractivity contribution in [2.45, 2.75) is 13.1 Å². The van der Waals surface area contributed by atoms with Crippen molar-refractivity contribution < 1.29 is 27.9 Å². The van der Waals surface area contributed by atoms with Crippen LogP contribution in [0.2, 0.25) is 0 Å². The summed E-state index contributed by atoms with van der Waals surface area (Å²) in [6.45, 7) is 1.84. The Balaban J connectivity index is 2.28. The first-order chi connectivity index (χ1) is 11.7. The van der Waals surface area contributed by atoms with Gasteiger partial charge in [0, 0.05) is 17.3 Å². The van der Waals surface area contributed by atoms with Gasteiger partial charge in [-0.1, -0.05) is 35.9 Å². The van der Waals surface area contributed by atoms with E-state index in [1.807, 2.05) is 6.92 Å². The van der Waals surface area contributed by atoms with Crippen molar-refractivity contribution in [2.24, 2.45) is 0 Å². The van der Waals surface area contributed by atoms with Crippen LogP contribution in [0.3, 0.4) is 0 Å². The van der Waals surface area contributed by atoms with Gasteiger partial charge in [0.15, 0.2) is 5.78 Å². The summed E-state index contributed by atoms with van der Waals surface area (Å²) in [5.74, 6) is -2.03. The Bertz CT molecular complexity index is 824. The zero-order chi connectivity index (χ0) is 18.6. The van der Waals surface area contributed by atoms with E-state index in [1.54, 1.807) is 12.1 Å². The van der Waals surface area contributed by atoms with Gasteiger partial charge in [0.2, 0.25) is 0 Å². The topological polar surface area (TPSA) is 66.4 Å². The van der Waals surface area contributed by atoms with Crippen molar-refractivity contribution in [2.75, 3.05) is 5.32 Å². The van der Waals surface area contributed by atoms with Gasteiger partial charge in [-0.15, -0.1) is 0 Å². The lowest BCUT2D eigenvalue weighted by molar-refractivity contribution is -0.137. The minimum atomic E-state index is -4.55. The third kappa shape index (κ3) is 4.94. The SMILES string of the molecule is Cc1ccc(C(=O)/C=C(\Nc2cccc(C(F)(F)F)c2)C(=O)O)cc1. The zero-order valence-electron chi connectivity index (χ0n) is 13.1. The van der Waals surface area contributed by atoms with E-state index in [-0.39, 0.29) is 11.3 Å². The fourth-order valence-electron chi connectivity index (χ4n) is 2.01. The van der Waals surface area contributed by atoms with Crippen LogP contribution >= 0.6 is 0 Å². The molecule has 0 aliphatic rings. The summed E-state index contributed by atoms with van der Waals surface area (Å²) in [6, 6.07) is 10.5. The first kappa shape index (κ1) is 18.3. The molecular weight excluding hydrogens is 335 g/mol. The van der Waals surface area contributed by atoms with E-state index in [2.05, 4.69) is 5.32 Å². The first-order valence-electron chi connectivity index (χ1n) is 7.17. The molecule has 2 rings (SSSR count). The highest BCUT2D eigenvalue weighted by Crippen LogP contribution is 2.30. The number of alkyl halides is 3. The van der Waals surface area contributed by atoms with Crippen LogP contribution in [0.5, 0.6) is 0 Å². The predicted octanol–water partition coefficient (Wildman–Crippen LogP) is 4.28. The molecule has 130 valence electrons. The third-order valence-corrected chi connectivity index (χ3v) is 3.31. The van der Waals surface area contributed by atoms with E-state index in [4.69, 9.17) is 0 Å². The largest absolute Gasteiger partial charge is 0.477 e. The zero-order valence-corrected chi connectivity index (χ0v) is 13.1. The number of hydrogen-bond acceptors (Lipinski definition) is 3. The van der Waals surface area contributed by atoms with Gasteiger partial charge in [0.25, 0.3) is 0 Å². The molecule has 7 heteroatoms. The van der Waals surface area contributed by atoms with Crippen LogP contribution in [-0.2, 0) is 11.0 Å². The van der Waals surface area contributed by atoms with Gasteiger partial charge in [0.1, 0.15) is 5.70 Å². The van der Waals surface area contributed by atoms with Crippen molar-refractivity contribution in [3.63, 3.8) is 0 Å². The fourth-order valence-corrected chi connectivity index (χ4v) is 2.01. The number of anilines is 1. The number of hydrogen-bond donors (Lipinski definition) is 2. The van der Waals surface area contributed by atoms with Gasteiger partial charge < -0.3 is 10.4 Å². The average molecular weight is 349 g/mol. The summed E-state index contributed by atoms with van der Waals surface area (Å²) < 4.78 is 38.1. The Morgan fingerprint density at radius 3 is 2.28 bits per heavy atom. The lowest BCUT2D eigenvalue weighted by atomic mass is 10.1. The molecule has 0 radical (unpaired) electrons. The molecule has 0 bridgehead atoms. The van der Waals surface area contributed by atoms with Gasteiger partial charge in [-0.25, -0.2) is 4.79 Å². The number of carboxylic acids is 1. The number of carbonyl (C=O) groups excluding carboxylic acids is 1. The van der Waals surface area contributed by atoms with Crippen LogP contribution in [0, 0.1) is 6.92 Å². The number of benzene rings is 2. The molecule has 0 atom stereocenters. The molecular formula is C18H14F3NO3. The molecule has 0 spiro atoms. The maximum absolute atomic E-state index is 12.7. The summed E-state index contributed by atoms with van der Waals surface area (Å²) >= 11 is 0. The van der Waals surface area contributed by atoms with Gasteiger partial charge >= 0.3 is 12.1 Å². The molecule has 0 saturated carbocycles. The highest BCUT2D eigenvalue weighted by molar-refractivity contribution is 6.09. The highest BCUT2D eigenvalue weighted by Gasteiger charge is 2.30. The quantitative estimate of drug-likeness (QED) is 0.625. The maximum Gasteiger partial charge on any atom is 0.416 e. The molecule has 0 unspecified atom stereocenters. The minimum absolute atomic E-state index is 0.0832. The van der Waals surface area contributed by atoms with Crippen molar-refractivity contribution >= 4 is 17.4 Å². The minimum Gasteiger partial charge on any atom is -0.477 e. The van der Waals surface area contributed by atoms with Crippen molar-refractivity contribution in [3.05, 3.63) is 77.0 Å². The number of allylic oxidation sites excluding steroid dienone is 1. The molecule has 0 aliphatic heterocycles. The summed E-state index contributed by atoms with van der Waals surface area (Å²) in [6.07, 6.45) is -3.71. The van der Waals surface area contributed by atoms with Crippen LogP contribution in [-0.4, -0.2) is 16.9 Å². The number of aliphatic carboxylic acids is 1. The van der Waals surface area contributed by atoms with Crippen LogP contribution in [0.1, 0.15) is 21.5 Å². The lowest BCUT2D eigenvalue weighted by Crippen LogP contribution is -2.13. The molecule has 0 aromatic heterocycles. The number of ketones is 1. The van der Waals surface area contributed by atoms with Gasteiger partial charge in [0.05, 0.1) is 5.56 Å². The number of aryl methyl sites for hydroxylation is 1. The molecule has 2 N–H and O–H groups in total. The number of halogens is 3.